The molecule has 0 heterocycles. The lowest BCUT2D eigenvalue weighted by atomic mass is 9.82. The van der Waals surface area contributed by atoms with E-state index in [0.29, 0.717) is 12.5 Å². The lowest BCUT2D eigenvalue weighted by Gasteiger charge is -2.31. The molecule has 0 aromatic carbocycles. The van der Waals surface area contributed by atoms with Crippen LogP contribution in [0.15, 0.2) is 0 Å². The van der Waals surface area contributed by atoms with Gasteiger partial charge in [0.25, 0.3) is 0 Å². The summed E-state index contributed by atoms with van der Waals surface area (Å²) in [5.74, 6) is 0.682. The lowest BCUT2D eigenvalue weighted by molar-refractivity contribution is -0.130. The molecule has 0 atom stereocenters. The van der Waals surface area contributed by atoms with Crippen LogP contribution in [-0.4, -0.2) is 48.2 Å². The first-order valence-electron chi connectivity index (χ1n) is 5.65. The molecule has 1 fully saturated rings. The van der Waals surface area contributed by atoms with Crippen molar-refractivity contribution in [2.24, 2.45) is 5.92 Å². The molecule has 4 nitrogen and oxygen atoms in total. The van der Waals surface area contributed by atoms with E-state index in [-0.39, 0.29) is 18.1 Å². The van der Waals surface area contributed by atoms with Gasteiger partial charge in [0.15, 0.2) is 0 Å². The minimum atomic E-state index is -0.106. The molecule has 0 aromatic rings. The number of hydrogen-bond acceptors (Lipinski definition) is 3. The summed E-state index contributed by atoms with van der Waals surface area (Å²) in [5, 5.41) is 12.2. The van der Waals surface area contributed by atoms with Crippen LogP contribution in [0, 0.1) is 5.92 Å². The fraction of sp³-hybridized carbons (Fsp3) is 0.909. The Hall–Kier alpha value is -0.610. The molecule has 1 rings (SSSR count). The van der Waals surface area contributed by atoms with Crippen molar-refractivity contribution in [2.45, 2.75) is 38.8 Å². The topological polar surface area (TPSA) is 52.6 Å². The molecule has 0 aliphatic heterocycles. The van der Waals surface area contributed by atoms with E-state index in [1.54, 1.807) is 4.90 Å². The van der Waals surface area contributed by atoms with Crippen molar-refractivity contribution in [1.29, 1.82) is 0 Å². The Balaban J connectivity index is 2.07. The van der Waals surface area contributed by atoms with Crippen LogP contribution >= 0.6 is 0 Å². The summed E-state index contributed by atoms with van der Waals surface area (Å²) in [6.07, 6.45) is 1.65. The Morgan fingerprint density at radius 2 is 2.13 bits per heavy atom. The molecule has 2 N–H and O–H groups in total. The van der Waals surface area contributed by atoms with Gasteiger partial charge in [-0.05, 0) is 39.2 Å². The Labute approximate surface area is 91.6 Å². The molecule has 1 aliphatic rings. The normalized spacial score (nSPS) is 25.1. The summed E-state index contributed by atoms with van der Waals surface area (Å²) < 4.78 is 0. The van der Waals surface area contributed by atoms with Crippen LogP contribution in [0.3, 0.4) is 0 Å². The highest BCUT2D eigenvalue weighted by atomic mass is 16.3. The summed E-state index contributed by atoms with van der Waals surface area (Å²) in [4.78, 5) is 13.3. The van der Waals surface area contributed by atoms with Crippen molar-refractivity contribution >= 4 is 5.91 Å². The van der Waals surface area contributed by atoms with Crippen molar-refractivity contribution in [3.05, 3.63) is 0 Å². The highest BCUT2D eigenvalue weighted by Crippen LogP contribution is 2.25. The van der Waals surface area contributed by atoms with Gasteiger partial charge in [0, 0.05) is 13.1 Å². The third-order valence-corrected chi connectivity index (χ3v) is 3.09. The number of aliphatic hydroxyl groups is 1. The third-order valence-electron chi connectivity index (χ3n) is 3.09. The van der Waals surface area contributed by atoms with Crippen molar-refractivity contribution < 1.29 is 9.90 Å². The zero-order valence-corrected chi connectivity index (χ0v) is 9.86. The monoisotopic (exact) mass is 214 g/mol. The molecular weight excluding hydrogens is 192 g/mol. The van der Waals surface area contributed by atoms with E-state index in [1.165, 1.54) is 0 Å². The highest BCUT2D eigenvalue weighted by molar-refractivity contribution is 5.78. The maximum atomic E-state index is 11.6. The van der Waals surface area contributed by atoms with Crippen molar-refractivity contribution in [2.75, 3.05) is 20.1 Å². The Morgan fingerprint density at radius 1 is 1.53 bits per heavy atom. The number of likely N-dealkylation sites (N-methyl/N-ethyl adjacent to an activating group) is 1. The number of aliphatic hydroxyl groups excluding tert-OH is 1. The minimum Gasteiger partial charge on any atom is -0.393 e. The van der Waals surface area contributed by atoms with Crippen LogP contribution in [0.4, 0.5) is 0 Å². The van der Waals surface area contributed by atoms with Gasteiger partial charge in [0.1, 0.15) is 0 Å². The smallest absolute Gasteiger partial charge is 0.236 e. The summed E-state index contributed by atoms with van der Waals surface area (Å²) in [5.41, 5.74) is 0. The van der Waals surface area contributed by atoms with Crippen LogP contribution in [0.25, 0.3) is 0 Å². The van der Waals surface area contributed by atoms with Gasteiger partial charge in [-0.15, -0.1) is 0 Å². The number of nitrogens with zero attached hydrogens (tertiary/aromatic N) is 1. The van der Waals surface area contributed by atoms with Gasteiger partial charge >= 0.3 is 0 Å². The summed E-state index contributed by atoms with van der Waals surface area (Å²) in [6, 6.07) is 0.254. The van der Waals surface area contributed by atoms with E-state index in [4.69, 9.17) is 5.11 Å². The van der Waals surface area contributed by atoms with Crippen molar-refractivity contribution in [1.82, 2.24) is 10.2 Å². The molecule has 0 bridgehead atoms. The molecule has 4 heteroatoms. The number of nitrogens with one attached hydrogen (secondary N) is 1. The average Bonchev–Trinajstić information content (AvgIpc) is 2.13. The molecule has 1 aliphatic carbocycles. The van der Waals surface area contributed by atoms with Crippen LogP contribution in [0.5, 0.6) is 0 Å². The second kappa shape index (κ2) is 5.47. The highest BCUT2D eigenvalue weighted by Gasteiger charge is 2.26. The second-order valence-corrected chi connectivity index (χ2v) is 4.72. The molecule has 0 spiro atoms. The molecule has 1 saturated carbocycles. The first-order chi connectivity index (χ1) is 7.00. The zero-order valence-electron chi connectivity index (χ0n) is 9.86. The van der Waals surface area contributed by atoms with Crippen LogP contribution in [0.2, 0.25) is 0 Å². The van der Waals surface area contributed by atoms with Crippen LogP contribution in [-0.2, 0) is 4.79 Å². The fourth-order valence-corrected chi connectivity index (χ4v) is 1.66. The maximum Gasteiger partial charge on any atom is 0.236 e. The van der Waals surface area contributed by atoms with Crippen molar-refractivity contribution in [3.8, 4) is 0 Å². The maximum absolute atomic E-state index is 11.6. The van der Waals surface area contributed by atoms with E-state index in [0.717, 1.165) is 19.4 Å². The minimum absolute atomic E-state index is 0.106. The van der Waals surface area contributed by atoms with Gasteiger partial charge < -0.3 is 15.3 Å². The zero-order chi connectivity index (χ0) is 11.4. The first kappa shape index (κ1) is 12.5. The Kier molecular flexibility index (Phi) is 4.54. The number of amides is 1. The molecule has 0 aromatic heterocycles. The quantitative estimate of drug-likeness (QED) is 0.688. The predicted octanol–water partition coefficient (Wildman–Crippen LogP) is 0.214. The first-order valence-corrected chi connectivity index (χ1v) is 5.65. The van der Waals surface area contributed by atoms with Gasteiger partial charge in [-0.2, -0.15) is 0 Å². The van der Waals surface area contributed by atoms with Crippen molar-refractivity contribution in [3.63, 3.8) is 0 Å². The van der Waals surface area contributed by atoms with E-state index < -0.39 is 0 Å². The number of rotatable bonds is 5. The molecule has 0 saturated heterocycles. The number of carbonyl (C=O) groups is 1. The van der Waals surface area contributed by atoms with Gasteiger partial charge in [0.2, 0.25) is 5.91 Å². The Bertz CT molecular complexity index is 213. The molecule has 15 heavy (non-hydrogen) atoms. The summed E-state index contributed by atoms with van der Waals surface area (Å²) in [6.45, 7) is 5.25. The molecule has 88 valence electrons. The van der Waals surface area contributed by atoms with Crippen LogP contribution < -0.4 is 5.32 Å². The van der Waals surface area contributed by atoms with E-state index in [1.807, 2.05) is 20.9 Å². The van der Waals surface area contributed by atoms with Gasteiger partial charge in [-0.1, -0.05) is 0 Å². The molecule has 0 unspecified atom stereocenters. The van der Waals surface area contributed by atoms with Crippen LogP contribution in [0.1, 0.15) is 26.7 Å². The van der Waals surface area contributed by atoms with Gasteiger partial charge in [-0.3, -0.25) is 4.79 Å². The third kappa shape index (κ3) is 3.80. The van der Waals surface area contributed by atoms with E-state index in [2.05, 4.69) is 5.32 Å². The number of carbonyl (C=O) groups excluding carboxylic acids is 1. The van der Waals surface area contributed by atoms with Gasteiger partial charge in [0.05, 0.1) is 12.6 Å². The molecule has 1 amide bonds. The standard InChI is InChI=1S/C11H22N2O2/c1-8(2)13(3)11(15)7-12-6-9-4-10(14)5-9/h8-10,12,14H,4-7H2,1-3H3. The second-order valence-electron chi connectivity index (χ2n) is 4.72. The SMILES string of the molecule is CC(C)N(C)C(=O)CNCC1CC(O)C1. The summed E-state index contributed by atoms with van der Waals surface area (Å²) >= 11 is 0. The van der Waals surface area contributed by atoms with E-state index >= 15 is 0 Å². The van der Waals surface area contributed by atoms with Gasteiger partial charge in [-0.25, -0.2) is 0 Å². The van der Waals surface area contributed by atoms with E-state index in [9.17, 15) is 4.79 Å². The Morgan fingerprint density at radius 3 is 2.60 bits per heavy atom. The molecular formula is C11H22N2O2. The molecule has 0 radical (unpaired) electrons. The predicted molar refractivity (Wildman–Crippen MR) is 59.5 cm³/mol. The number of hydrogen-bond donors (Lipinski definition) is 2. The fourth-order valence-electron chi connectivity index (χ4n) is 1.66. The largest absolute Gasteiger partial charge is 0.393 e. The average molecular weight is 214 g/mol. The lowest BCUT2D eigenvalue weighted by Crippen LogP contribution is -2.42. The summed E-state index contributed by atoms with van der Waals surface area (Å²) in [7, 11) is 1.82.